The molecule has 0 atom stereocenters. The van der Waals surface area contributed by atoms with E-state index in [1.807, 2.05) is 20.8 Å². The van der Waals surface area contributed by atoms with Crippen LogP contribution >= 0.6 is 0 Å². The number of nitrogens with one attached hydrogen (secondary N) is 2. The van der Waals surface area contributed by atoms with Crippen molar-refractivity contribution in [2.24, 2.45) is 5.84 Å². The van der Waals surface area contributed by atoms with E-state index in [-0.39, 0.29) is 5.95 Å². The van der Waals surface area contributed by atoms with E-state index in [0.717, 1.165) is 0 Å². The Labute approximate surface area is 129 Å². The maximum Gasteiger partial charge on any atom is 0.225 e. The molecule has 0 saturated heterocycles. The van der Waals surface area contributed by atoms with Gasteiger partial charge in [0.15, 0.2) is 11.4 Å². The summed E-state index contributed by atoms with van der Waals surface area (Å²) in [5.74, 6) is 7.10. The summed E-state index contributed by atoms with van der Waals surface area (Å²) in [4.78, 5) is 8.56. The summed E-state index contributed by atoms with van der Waals surface area (Å²) in [6.45, 7) is 7.08. The molecule has 0 spiro atoms. The molecule has 2 aromatic rings. The molecule has 0 aliphatic rings. The molecule has 0 radical (unpaired) electrons. The number of nitrogens with zero attached hydrogens (tertiary/aromatic N) is 4. The number of fused-ring (bicyclic) bond motifs is 1. The van der Waals surface area contributed by atoms with Gasteiger partial charge in [-0.2, -0.15) is 9.50 Å². The highest BCUT2D eigenvalue weighted by atomic mass is 16.5. The first-order chi connectivity index (χ1) is 10.7. The summed E-state index contributed by atoms with van der Waals surface area (Å²) in [7, 11) is 1.56. The Hall–Kier alpha value is -2.39. The molecule has 0 unspecified atom stereocenters. The van der Waals surface area contributed by atoms with Crippen molar-refractivity contribution < 1.29 is 4.74 Å². The van der Waals surface area contributed by atoms with Crippen LogP contribution in [-0.2, 0) is 4.74 Å². The predicted octanol–water partition coefficient (Wildman–Crippen LogP) is 0.615. The largest absolute Gasteiger partial charge is 0.493 e. The van der Waals surface area contributed by atoms with Gasteiger partial charge in [0.2, 0.25) is 11.8 Å². The molecule has 2 heterocycles. The van der Waals surface area contributed by atoms with E-state index in [1.54, 1.807) is 19.3 Å². The van der Waals surface area contributed by atoms with Crippen LogP contribution in [0, 0.1) is 0 Å². The van der Waals surface area contributed by atoms with Gasteiger partial charge in [0.1, 0.15) is 5.82 Å². The Morgan fingerprint density at radius 2 is 2.09 bits per heavy atom. The molecular weight excluding hydrogens is 284 g/mol. The maximum atomic E-state index is 5.87. The van der Waals surface area contributed by atoms with E-state index in [9.17, 15) is 0 Å². The number of allylic oxidation sites excluding steroid dienone is 1. The molecule has 0 amide bonds. The molecule has 0 fully saturated rings. The molecule has 122 valence electrons. The summed E-state index contributed by atoms with van der Waals surface area (Å²) in [6.07, 6.45) is 1.78. The van der Waals surface area contributed by atoms with Crippen LogP contribution in [0.1, 0.15) is 26.6 Å². The zero-order valence-electron chi connectivity index (χ0n) is 13.4. The fourth-order valence-electron chi connectivity index (χ4n) is 1.71. The topological polar surface area (TPSA) is 128 Å². The Balaban J connectivity index is 0.00000116. The molecule has 0 aromatic carbocycles. The maximum absolute atomic E-state index is 5.87. The first-order valence-corrected chi connectivity index (χ1v) is 7.11. The van der Waals surface area contributed by atoms with Gasteiger partial charge >= 0.3 is 0 Å². The van der Waals surface area contributed by atoms with Crippen molar-refractivity contribution in [3.8, 4) is 0 Å². The Morgan fingerprint density at radius 1 is 1.36 bits per heavy atom. The van der Waals surface area contributed by atoms with Crippen LogP contribution in [0.2, 0.25) is 0 Å². The van der Waals surface area contributed by atoms with Crippen LogP contribution < -0.4 is 22.3 Å². The number of hydrogen-bond donors (Lipinski definition) is 4. The van der Waals surface area contributed by atoms with E-state index >= 15 is 0 Å². The lowest BCUT2D eigenvalue weighted by molar-refractivity contribution is 0.365. The molecule has 9 heteroatoms. The minimum absolute atomic E-state index is 0.246. The highest BCUT2D eigenvalue weighted by molar-refractivity contribution is 5.59. The zero-order chi connectivity index (χ0) is 16.5. The highest BCUT2D eigenvalue weighted by Gasteiger charge is 2.12. The van der Waals surface area contributed by atoms with Crippen LogP contribution in [0.15, 0.2) is 12.1 Å². The van der Waals surface area contributed by atoms with E-state index in [1.165, 1.54) is 4.52 Å². The van der Waals surface area contributed by atoms with Crippen molar-refractivity contribution >= 4 is 23.2 Å². The number of ether oxygens (including phenoxy) is 1. The van der Waals surface area contributed by atoms with Gasteiger partial charge in [-0.3, -0.25) is 11.3 Å². The van der Waals surface area contributed by atoms with E-state index < -0.39 is 0 Å². The SMILES string of the molecule is C/C=C(\OC)c1nc2cc(NCCNN)nc(N)n2n1.CC. The number of nitrogen functional groups attached to an aromatic ring is 1. The van der Waals surface area contributed by atoms with Crippen molar-refractivity contribution in [3.63, 3.8) is 0 Å². The molecule has 6 N–H and O–H groups in total. The molecular formula is C13H24N8O. The molecule has 22 heavy (non-hydrogen) atoms. The van der Waals surface area contributed by atoms with Gasteiger partial charge in [-0.1, -0.05) is 13.8 Å². The monoisotopic (exact) mass is 308 g/mol. The number of aromatic nitrogens is 4. The Bertz CT molecular complexity index is 622. The lowest BCUT2D eigenvalue weighted by atomic mass is 10.4. The minimum Gasteiger partial charge on any atom is -0.493 e. The summed E-state index contributed by atoms with van der Waals surface area (Å²) < 4.78 is 6.65. The van der Waals surface area contributed by atoms with Gasteiger partial charge in [0.05, 0.1) is 7.11 Å². The summed E-state index contributed by atoms with van der Waals surface area (Å²) >= 11 is 0. The Morgan fingerprint density at radius 3 is 2.68 bits per heavy atom. The van der Waals surface area contributed by atoms with Crippen molar-refractivity contribution in [3.05, 3.63) is 18.0 Å². The van der Waals surface area contributed by atoms with Gasteiger partial charge in [-0.15, -0.1) is 5.10 Å². The molecule has 0 aliphatic carbocycles. The quantitative estimate of drug-likeness (QED) is 0.264. The van der Waals surface area contributed by atoms with Crippen molar-refractivity contribution in [2.45, 2.75) is 20.8 Å². The standard InChI is InChI=1S/C11H18N8O.C2H6/c1-3-7(20-2)10-17-9-6-8(14-4-5-15-13)16-11(12)19(9)18-10;1-2/h3,6,14-15H,4-5,13H2,1-2H3,(H2,12,16);1-2H3/b7-3-;. The molecule has 0 bridgehead atoms. The van der Waals surface area contributed by atoms with E-state index in [4.69, 9.17) is 16.3 Å². The van der Waals surface area contributed by atoms with Crippen molar-refractivity contribution in [1.29, 1.82) is 0 Å². The average Bonchev–Trinajstić information content (AvgIpc) is 2.95. The number of anilines is 2. The number of methoxy groups -OCH3 is 1. The number of rotatable bonds is 6. The third kappa shape index (κ3) is 4.06. The molecule has 2 rings (SSSR count). The average molecular weight is 308 g/mol. The fraction of sp³-hybridized carbons (Fsp3) is 0.462. The smallest absolute Gasteiger partial charge is 0.225 e. The Kier molecular flexibility index (Phi) is 7.06. The highest BCUT2D eigenvalue weighted by Crippen LogP contribution is 2.16. The van der Waals surface area contributed by atoms with Crippen LogP contribution in [-0.4, -0.2) is 39.8 Å². The second-order valence-corrected chi connectivity index (χ2v) is 3.94. The zero-order valence-corrected chi connectivity index (χ0v) is 13.4. The summed E-state index contributed by atoms with van der Waals surface area (Å²) in [6, 6.07) is 1.76. The second-order valence-electron chi connectivity index (χ2n) is 3.94. The van der Waals surface area contributed by atoms with Crippen molar-refractivity contribution in [1.82, 2.24) is 25.0 Å². The minimum atomic E-state index is 0.246. The molecule has 2 aromatic heterocycles. The molecule has 0 aliphatic heterocycles. The second kappa shape index (κ2) is 8.80. The van der Waals surface area contributed by atoms with Crippen molar-refractivity contribution in [2.75, 3.05) is 31.2 Å². The van der Waals surface area contributed by atoms with Crippen LogP contribution in [0.25, 0.3) is 11.4 Å². The van der Waals surface area contributed by atoms with Gasteiger partial charge < -0.3 is 15.8 Å². The van der Waals surface area contributed by atoms with E-state index in [0.29, 0.717) is 36.1 Å². The first kappa shape index (κ1) is 17.7. The van der Waals surface area contributed by atoms with E-state index in [2.05, 4.69) is 25.8 Å². The third-order valence-corrected chi connectivity index (χ3v) is 2.63. The summed E-state index contributed by atoms with van der Waals surface area (Å²) in [5.41, 5.74) is 9.00. The fourth-order valence-corrected chi connectivity index (χ4v) is 1.71. The van der Waals surface area contributed by atoms with Crippen LogP contribution in [0.3, 0.4) is 0 Å². The lowest BCUT2D eigenvalue weighted by Crippen LogP contribution is -2.28. The van der Waals surface area contributed by atoms with Gasteiger partial charge in [-0.25, -0.2) is 4.98 Å². The number of nitrogens with two attached hydrogens (primary N) is 2. The lowest BCUT2D eigenvalue weighted by Gasteiger charge is -2.05. The van der Waals surface area contributed by atoms with Crippen LogP contribution in [0.5, 0.6) is 0 Å². The molecule has 9 nitrogen and oxygen atoms in total. The number of hydrazine groups is 1. The number of hydrogen-bond acceptors (Lipinski definition) is 8. The predicted molar refractivity (Wildman–Crippen MR) is 87.9 cm³/mol. The van der Waals surface area contributed by atoms with Gasteiger partial charge in [0, 0.05) is 19.2 Å². The summed E-state index contributed by atoms with van der Waals surface area (Å²) in [5, 5.41) is 7.34. The third-order valence-electron chi connectivity index (χ3n) is 2.63. The normalized spacial score (nSPS) is 11.0. The molecule has 0 saturated carbocycles. The van der Waals surface area contributed by atoms with Gasteiger partial charge in [-0.05, 0) is 13.0 Å². The van der Waals surface area contributed by atoms with Crippen LogP contribution in [0.4, 0.5) is 11.8 Å². The van der Waals surface area contributed by atoms with Gasteiger partial charge in [0.25, 0.3) is 0 Å². The first-order valence-electron chi connectivity index (χ1n) is 7.11.